The molecule has 0 radical (unpaired) electrons. The Morgan fingerprint density at radius 3 is 2.50 bits per heavy atom. The van der Waals surface area contributed by atoms with Gasteiger partial charge in [0.05, 0.1) is 5.60 Å². The van der Waals surface area contributed by atoms with Crippen molar-refractivity contribution in [3.8, 4) is 0 Å². The summed E-state index contributed by atoms with van der Waals surface area (Å²) in [6.07, 6.45) is 6.47. The van der Waals surface area contributed by atoms with Crippen molar-refractivity contribution < 1.29 is 9.90 Å². The Morgan fingerprint density at radius 1 is 1.25 bits per heavy atom. The van der Waals surface area contributed by atoms with Gasteiger partial charge in [0.2, 0.25) is 5.91 Å². The number of allylic oxidation sites excluding steroid dienone is 1. The molecule has 0 saturated carbocycles. The van der Waals surface area contributed by atoms with Crippen LogP contribution in [-0.2, 0) is 4.79 Å². The van der Waals surface area contributed by atoms with Crippen LogP contribution in [0.2, 0.25) is 0 Å². The van der Waals surface area contributed by atoms with Gasteiger partial charge in [-0.15, -0.1) is 0 Å². The average Bonchev–Trinajstić information content (AvgIpc) is 2.50. The van der Waals surface area contributed by atoms with Crippen molar-refractivity contribution in [2.45, 2.75) is 45.1 Å². The molecule has 0 unspecified atom stereocenters. The first-order valence-corrected chi connectivity index (χ1v) is 7.30. The third-order valence-corrected chi connectivity index (χ3v) is 3.58. The van der Waals surface area contributed by atoms with Crippen molar-refractivity contribution in [1.82, 2.24) is 5.32 Å². The van der Waals surface area contributed by atoms with E-state index in [9.17, 15) is 9.90 Å². The molecule has 0 aliphatic heterocycles. The fourth-order valence-corrected chi connectivity index (χ4v) is 1.85. The van der Waals surface area contributed by atoms with Gasteiger partial charge in [0.15, 0.2) is 0 Å². The number of benzene rings is 1. The highest BCUT2D eigenvalue weighted by molar-refractivity contribution is 5.76. The number of carbonyl (C=O) groups excluding carboxylic acids is 1. The highest BCUT2D eigenvalue weighted by Gasteiger charge is 2.22. The Kier molecular flexibility index (Phi) is 7.02. The SMILES string of the molecule is CCC(O)(CC)CNC(=O)CCC=Cc1ccccc1. The smallest absolute Gasteiger partial charge is 0.220 e. The van der Waals surface area contributed by atoms with E-state index in [0.717, 1.165) is 5.56 Å². The van der Waals surface area contributed by atoms with Gasteiger partial charge in [-0.1, -0.05) is 56.3 Å². The third kappa shape index (κ3) is 6.02. The van der Waals surface area contributed by atoms with Crippen LogP contribution in [0.3, 0.4) is 0 Å². The van der Waals surface area contributed by atoms with E-state index in [1.165, 1.54) is 0 Å². The van der Waals surface area contributed by atoms with Crippen LogP contribution >= 0.6 is 0 Å². The zero-order chi connectivity index (χ0) is 14.8. The highest BCUT2D eigenvalue weighted by Crippen LogP contribution is 2.12. The molecule has 1 aromatic carbocycles. The highest BCUT2D eigenvalue weighted by atomic mass is 16.3. The van der Waals surface area contributed by atoms with Gasteiger partial charge < -0.3 is 10.4 Å². The maximum atomic E-state index is 11.7. The number of rotatable bonds is 8. The predicted molar refractivity (Wildman–Crippen MR) is 83.3 cm³/mol. The van der Waals surface area contributed by atoms with Crippen molar-refractivity contribution in [3.63, 3.8) is 0 Å². The number of amides is 1. The summed E-state index contributed by atoms with van der Waals surface area (Å²) in [5.41, 5.74) is 0.370. The van der Waals surface area contributed by atoms with Crippen LogP contribution in [0, 0.1) is 0 Å². The molecule has 0 spiro atoms. The summed E-state index contributed by atoms with van der Waals surface area (Å²) < 4.78 is 0. The lowest BCUT2D eigenvalue weighted by Crippen LogP contribution is -2.41. The molecule has 0 aliphatic carbocycles. The van der Waals surface area contributed by atoms with E-state index < -0.39 is 5.60 Å². The van der Waals surface area contributed by atoms with Crippen molar-refractivity contribution in [3.05, 3.63) is 42.0 Å². The van der Waals surface area contributed by atoms with Gasteiger partial charge in [0.25, 0.3) is 0 Å². The number of aliphatic hydroxyl groups is 1. The maximum absolute atomic E-state index is 11.7. The minimum Gasteiger partial charge on any atom is -0.388 e. The molecule has 20 heavy (non-hydrogen) atoms. The average molecular weight is 275 g/mol. The van der Waals surface area contributed by atoms with Crippen molar-refractivity contribution in [2.24, 2.45) is 0 Å². The molecule has 0 aliphatic rings. The second-order valence-electron chi connectivity index (χ2n) is 5.06. The van der Waals surface area contributed by atoms with Gasteiger partial charge in [-0.3, -0.25) is 4.79 Å². The second kappa shape index (κ2) is 8.54. The molecule has 3 nitrogen and oxygen atoms in total. The summed E-state index contributed by atoms with van der Waals surface area (Å²) in [6.45, 7) is 4.19. The van der Waals surface area contributed by atoms with Crippen molar-refractivity contribution in [2.75, 3.05) is 6.54 Å². The number of nitrogens with one attached hydrogen (secondary N) is 1. The fraction of sp³-hybridized carbons (Fsp3) is 0.471. The Hall–Kier alpha value is -1.61. The molecule has 0 atom stereocenters. The lowest BCUT2D eigenvalue weighted by atomic mass is 9.97. The fourth-order valence-electron chi connectivity index (χ4n) is 1.85. The van der Waals surface area contributed by atoms with Gasteiger partial charge in [-0.25, -0.2) is 0 Å². The maximum Gasteiger partial charge on any atom is 0.220 e. The lowest BCUT2D eigenvalue weighted by Gasteiger charge is -2.25. The van der Waals surface area contributed by atoms with Gasteiger partial charge >= 0.3 is 0 Å². The normalized spacial score (nSPS) is 11.8. The molecule has 1 rings (SSSR count). The topological polar surface area (TPSA) is 49.3 Å². The van der Waals surface area contributed by atoms with Crippen molar-refractivity contribution in [1.29, 1.82) is 0 Å². The first-order chi connectivity index (χ1) is 9.59. The lowest BCUT2D eigenvalue weighted by molar-refractivity contribution is -0.122. The summed E-state index contributed by atoms with van der Waals surface area (Å²) in [4.78, 5) is 11.7. The molecule has 110 valence electrons. The van der Waals surface area contributed by atoms with Gasteiger partial charge in [-0.05, 0) is 24.8 Å². The number of carbonyl (C=O) groups is 1. The molecule has 3 heteroatoms. The van der Waals surface area contributed by atoms with Crippen molar-refractivity contribution >= 4 is 12.0 Å². The molecular formula is C17H25NO2. The van der Waals surface area contributed by atoms with Crippen LogP contribution < -0.4 is 5.32 Å². The van der Waals surface area contributed by atoms with Gasteiger partial charge in [-0.2, -0.15) is 0 Å². The quantitative estimate of drug-likeness (QED) is 0.765. The molecule has 1 aromatic rings. The molecule has 0 heterocycles. The molecule has 2 N–H and O–H groups in total. The summed E-state index contributed by atoms with van der Waals surface area (Å²) >= 11 is 0. The van der Waals surface area contributed by atoms with E-state index in [4.69, 9.17) is 0 Å². The molecule has 0 aromatic heterocycles. The van der Waals surface area contributed by atoms with Crippen LogP contribution in [0.5, 0.6) is 0 Å². The summed E-state index contributed by atoms with van der Waals surface area (Å²) in [6, 6.07) is 10.0. The summed E-state index contributed by atoms with van der Waals surface area (Å²) in [5, 5.41) is 12.9. The second-order valence-corrected chi connectivity index (χ2v) is 5.06. The van der Waals surface area contributed by atoms with E-state index >= 15 is 0 Å². The Balaban J connectivity index is 2.25. The Labute approximate surface area is 121 Å². The summed E-state index contributed by atoms with van der Waals surface area (Å²) in [7, 11) is 0. The van der Waals surface area contributed by atoms with Gasteiger partial charge in [0.1, 0.15) is 0 Å². The van der Waals surface area contributed by atoms with E-state index in [0.29, 0.717) is 32.2 Å². The van der Waals surface area contributed by atoms with Crippen LogP contribution in [-0.4, -0.2) is 23.2 Å². The van der Waals surface area contributed by atoms with Crippen LogP contribution in [0.25, 0.3) is 6.08 Å². The largest absolute Gasteiger partial charge is 0.388 e. The first-order valence-electron chi connectivity index (χ1n) is 7.30. The predicted octanol–water partition coefficient (Wildman–Crippen LogP) is 3.15. The summed E-state index contributed by atoms with van der Waals surface area (Å²) in [5.74, 6) is -0.0111. The van der Waals surface area contributed by atoms with E-state index in [1.807, 2.05) is 56.3 Å². The zero-order valence-corrected chi connectivity index (χ0v) is 12.4. The molecular weight excluding hydrogens is 250 g/mol. The zero-order valence-electron chi connectivity index (χ0n) is 12.4. The Morgan fingerprint density at radius 2 is 1.90 bits per heavy atom. The van der Waals surface area contributed by atoms with Crippen LogP contribution in [0.4, 0.5) is 0 Å². The van der Waals surface area contributed by atoms with E-state index in [2.05, 4.69) is 5.32 Å². The number of hydrogen-bond donors (Lipinski definition) is 2. The first kappa shape index (κ1) is 16.4. The molecule has 0 saturated heterocycles. The minimum atomic E-state index is -0.768. The third-order valence-electron chi connectivity index (χ3n) is 3.58. The number of hydrogen-bond acceptors (Lipinski definition) is 2. The monoisotopic (exact) mass is 275 g/mol. The molecule has 1 amide bonds. The molecule has 0 bridgehead atoms. The van der Waals surface area contributed by atoms with E-state index in [-0.39, 0.29) is 5.91 Å². The van der Waals surface area contributed by atoms with Crippen LogP contribution in [0.1, 0.15) is 45.1 Å². The standard InChI is InChI=1S/C17H25NO2/c1-3-17(20,4-2)14-18-16(19)13-9-8-12-15-10-6-5-7-11-15/h5-8,10-12,20H,3-4,9,13-14H2,1-2H3,(H,18,19). The minimum absolute atomic E-state index is 0.0111. The Bertz CT molecular complexity index is 422. The molecule has 0 fully saturated rings. The van der Waals surface area contributed by atoms with E-state index in [1.54, 1.807) is 0 Å². The van der Waals surface area contributed by atoms with Gasteiger partial charge in [0, 0.05) is 13.0 Å². The van der Waals surface area contributed by atoms with Crippen LogP contribution in [0.15, 0.2) is 36.4 Å².